The second kappa shape index (κ2) is 10.0. The highest BCUT2D eigenvalue weighted by Crippen LogP contribution is 2.18. The number of carbonyl (C=O) groups is 2. The van der Waals surface area contributed by atoms with Gasteiger partial charge < -0.3 is 10.6 Å². The highest BCUT2D eigenvalue weighted by molar-refractivity contribution is 5.79. The third-order valence-corrected chi connectivity index (χ3v) is 5.16. The van der Waals surface area contributed by atoms with Crippen LogP contribution in [-0.4, -0.2) is 29.8 Å². The Labute approximate surface area is 167 Å². The molecule has 1 aliphatic rings. The molecular formula is C23H29N3O2. The molecule has 2 amide bonds. The van der Waals surface area contributed by atoms with Gasteiger partial charge in [-0.3, -0.25) is 14.5 Å². The Morgan fingerprint density at radius 2 is 1.61 bits per heavy atom. The van der Waals surface area contributed by atoms with Crippen LogP contribution in [0.1, 0.15) is 48.9 Å². The van der Waals surface area contributed by atoms with Gasteiger partial charge in [0.2, 0.25) is 11.8 Å². The van der Waals surface area contributed by atoms with E-state index in [0.717, 1.165) is 30.8 Å². The van der Waals surface area contributed by atoms with Crippen LogP contribution < -0.4 is 10.6 Å². The van der Waals surface area contributed by atoms with Gasteiger partial charge in [0.05, 0.1) is 12.5 Å². The zero-order valence-corrected chi connectivity index (χ0v) is 16.5. The fraction of sp³-hybridized carbons (Fsp3) is 0.391. The third-order valence-electron chi connectivity index (χ3n) is 5.16. The van der Waals surface area contributed by atoms with Gasteiger partial charge in [-0.25, -0.2) is 0 Å². The first-order valence-corrected chi connectivity index (χ1v) is 9.99. The molecule has 0 radical (unpaired) electrons. The van der Waals surface area contributed by atoms with Crippen molar-refractivity contribution in [3.8, 4) is 0 Å². The van der Waals surface area contributed by atoms with Crippen LogP contribution in [0.3, 0.4) is 0 Å². The first kappa shape index (κ1) is 20.1. The topological polar surface area (TPSA) is 61.4 Å². The Bertz CT molecular complexity index is 785. The molecule has 0 aliphatic carbocycles. The molecular weight excluding hydrogens is 350 g/mol. The smallest absolute Gasteiger partial charge is 0.222 e. The van der Waals surface area contributed by atoms with Crippen molar-refractivity contribution in [2.45, 2.75) is 45.3 Å². The van der Waals surface area contributed by atoms with Crippen molar-refractivity contribution in [1.29, 1.82) is 0 Å². The lowest BCUT2D eigenvalue weighted by Crippen LogP contribution is -2.32. The average Bonchev–Trinajstić information content (AvgIpc) is 3.20. The Balaban J connectivity index is 1.59. The van der Waals surface area contributed by atoms with Crippen molar-refractivity contribution in [2.24, 2.45) is 0 Å². The third kappa shape index (κ3) is 5.92. The zero-order chi connectivity index (χ0) is 19.8. The number of amides is 2. The molecule has 5 nitrogen and oxygen atoms in total. The van der Waals surface area contributed by atoms with Crippen molar-refractivity contribution in [3.63, 3.8) is 0 Å². The fourth-order valence-corrected chi connectivity index (χ4v) is 3.70. The van der Waals surface area contributed by atoms with E-state index in [1.807, 2.05) is 36.4 Å². The van der Waals surface area contributed by atoms with Crippen LogP contribution in [0, 0.1) is 0 Å². The van der Waals surface area contributed by atoms with Gasteiger partial charge >= 0.3 is 0 Å². The largest absolute Gasteiger partial charge is 0.352 e. The van der Waals surface area contributed by atoms with Gasteiger partial charge in [-0.2, -0.15) is 0 Å². The maximum absolute atomic E-state index is 12.6. The van der Waals surface area contributed by atoms with E-state index in [9.17, 15) is 9.59 Å². The molecule has 3 rings (SSSR count). The Morgan fingerprint density at radius 1 is 0.964 bits per heavy atom. The predicted molar refractivity (Wildman–Crippen MR) is 110 cm³/mol. The lowest BCUT2D eigenvalue weighted by atomic mass is 10.0. The number of nitrogens with one attached hydrogen (secondary N) is 2. The molecule has 2 N–H and O–H groups in total. The van der Waals surface area contributed by atoms with Crippen LogP contribution >= 0.6 is 0 Å². The molecule has 0 aromatic heterocycles. The number of nitrogens with zero attached hydrogens (tertiary/aromatic N) is 1. The SMILES string of the molecule is CC(=O)N[C@@H](CC(=O)NCc1ccccc1CN1CCCC1)c1ccccc1. The molecule has 1 fully saturated rings. The lowest BCUT2D eigenvalue weighted by molar-refractivity contribution is -0.122. The highest BCUT2D eigenvalue weighted by atomic mass is 16.2. The van der Waals surface area contributed by atoms with E-state index in [0.29, 0.717) is 6.54 Å². The molecule has 2 aromatic rings. The van der Waals surface area contributed by atoms with Crippen LogP contribution in [0.25, 0.3) is 0 Å². The summed E-state index contributed by atoms with van der Waals surface area (Å²) in [5.41, 5.74) is 3.35. The summed E-state index contributed by atoms with van der Waals surface area (Å²) >= 11 is 0. The summed E-state index contributed by atoms with van der Waals surface area (Å²) in [4.78, 5) is 26.6. The van der Waals surface area contributed by atoms with Crippen molar-refractivity contribution in [1.82, 2.24) is 15.5 Å². The average molecular weight is 380 g/mol. The number of likely N-dealkylation sites (tertiary alicyclic amines) is 1. The molecule has 148 valence electrons. The molecule has 0 bridgehead atoms. The van der Waals surface area contributed by atoms with E-state index < -0.39 is 0 Å². The molecule has 28 heavy (non-hydrogen) atoms. The lowest BCUT2D eigenvalue weighted by Gasteiger charge is -2.19. The quantitative estimate of drug-likeness (QED) is 0.741. The molecule has 0 saturated carbocycles. The second-order valence-electron chi connectivity index (χ2n) is 7.40. The van der Waals surface area contributed by atoms with Crippen molar-refractivity contribution in [2.75, 3.05) is 13.1 Å². The van der Waals surface area contributed by atoms with E-state index >= 15 is 0 Å². The van der Waals surface area contributed by atoms with E-state index in [1.165, 1.54) is 25.3 Å². The summed E-state index contributed by atoms with van der Waals surface area (Å²) in [5.74, 6) is -0.212. The Hall–Kier alpha value is -2.66. The van der Waals surface area contributed by atoms with Gasteiger partial charge in [-0.1, -0.05) is 54.6 Å². The van der Waals surface area contributed by atoms with Gasteiger partial charge in [-0.15, -0.1) is 0 Å². The van der Waals surface area contributed by atoms with Gasteiger partial charge in [0.25, 0.3) is 0 Å². The summed E-state index contributed by atoms with van der Waals surface area (Å²) in [6.45, 7) is 5.21. The Kier molecular flexibility index (Phi) is 7.20. The zero-order valence-electron chi connectivity index (χ0n) is 16.5. The van der Waals surface area contributed by atoms with E-state index in [-0.39, 0.29) is 24.3 Å². The number of rotatable bonds is 8. The van der Waals surface area contributed by atoms with E-state index in [4.69, 9.17) is 0 Å². The number of carbonyl (C=O) groups excluding carboxylic acids is 2. The van der Waals surface area contributed by atoms with Gasteiger partial charge in [0.15, 0.2) is 0 Å². The fourth-order valence-electron chi connectivity index (χ4n) is 3.70. The monoisotopic (exact) mass is 379 g/mol. The summed E-state index contributed by atoms with van der Waals surface area (Å²) in [5, 5.41) is 5.91. The van der Waals surface area contributed by atoms with Crippen LogP contribution in [0.5, 0.6) is 0 Å². The van der Waals surface area contributed by atoms with Gasteiger partial charge in [0, 0.05) is 20.0 Å². The number of hydrogen-bond donors (Lipinski definition) is 2. The standard InChI is InChI=1S/C23H29N3O2/c1-18(27)25-22(19-9-3-2-4-10-19)15-23(28)24-16-20-11-5-6-12-21(20)17-26-13-7-8-14-26/h2-6,9-12,22H,7-8,13-17H2,1H3,(H,24,28)(H,25,27)/t22-/m0/s1. The van der Waals surface area contributed by atoms with Crippen molar-refractivity contribution >= 4 is 11.8 Å². The first-order valence-electron chi connectivity index (χ1n) is 9.99. The van der Waals surface area contributed by atoms with E-state index in [2.05, 4.69) is 33.7 Å². The molecule has 1 aliphatic heterocycles. The van der Waals surface area contributed by atoms with Crippen LogP contribution in [0.4, 0.5) is 0 Å². The van der Waals surface area contributed by atoms with Crippen molar-refractivity contribution in [3.05, 3.63) is 71.3 Å². The second-order valence-corrected chi connectivity index (χ2v) is 7.40. The molecule has 2 aromatic carbocycles. The summed E-state index contributed by atoms with van der Waals surface area (Å²) in [6.07, 6.45) is 2.75. The molecule has 1 heterocycles. The normalized spacial score (nSPS) is 15.2. The minimum atomic E-state index is -0.321. The molecule has 5 heteroatoms. The van der Waals surface area contributed by atoms with E-state index in [1.54, 1.807) is 0 Å². The van der Waals surface area contributed by atoms with Crippen LogP contribution in [-0.2, 0) is 22.7 Å². The predicted octanol–water partition coefficient (Wildman–Crippen LogP) is 3.17. The summed E-state index contributed by atoms with van der Waals surface area (Å²) in [7, 11) is 0. The number of hydrogen-bond acceptors (Lipinski definition) is 3. The minimum absolute atomic E-state index is 0.0708. The molecule has 1 saturated heterocycles. The number of benzene rings is 2. The molecule has 0 spiro atoms. The molecule has 0 unspecified atom stereocenters. The maximum atomic E-state index is 12.6. The van der Waals surface area contributed by atoms with Gasteiger partial charge in [-0.05, 0) is 42.6 Å². The van der Waals surface area contributed by atoms with Crippen LogP contribution in [0.15, 0.2) is 54.6 Å². The summed E-state index contributed by atoms with van der Waals surface area (Å²) < 4.78 is 0. The summed E-state index contributed by atoms with van der Waals surface area (Å²) in [6, 6.07) is 17.6. The van der Waals surface area contributed by atoms with Crippen LogP contribution in [0.2, 0.25) is 0 Å². The maximum Gasteiger partial charge on any atom is 0.222 e. The first-order chi connectivity index (χ1) is 13.6. The van der Waals surface area contributed by atoms with Crippen molar-refractivity contribution < 1.29 is 9.59 Å². The Morgan fingerprint density at radius 3 is 2.29 bits per heavy atom. The minimum Gasteiger partial charge on any atom is -0.352 e. The highest BCUT2D eigenvalue weighted by Gasteiger charge is 2.18. The van der Waals surface area contributed by atoms with Gasteiger partial charge in [0.1, 0.15) is 0 Å². The molecule has 1 atom stereocenters.